The molecule has 150 valence electrons. The fourth-order valence-corrected chi connectivity index (χ4v) is 4.05. The van der Waals surface area contributed by atoms with Crippen molar-refractivity contribution in [2.75, 3.05) is 20.1 Å². The van der Waals surface area contributed by atoms with Crippen LogP contribution in [0.25, 0.3) is 0 Å². The van der Waals surface area contributed by atoms with Gasteiger partial charge >= 0.3 is 0 Å². The molecule has 1 amide bonds. The molecule has 0 aliphatic carbocycles. The third kappa shape index (κ3) is 5.38. The van der Waals surface area contributed by atoms with Gasteiger partial charge in [-0.25, -0.2) is 4.39 Å². The van der Waals surface area contributed by atoms with E-state index in [9.17, 15) is 9.18 Å². The van der Waals surface area contributed by atoms with E-state index in [0.29, 0.717) is 12.3 Å². The number of aromatic nitrogens is 1. The average Bonchev–Trinajstić information content (AvgIpc) is 2.72. The summed E-state index contributed by atoms with van der Waals surface area (Å²) in [5.74, 6) is 0.366. The molecule has 1 aliphatic rings. The minimum Gasteiger partial charge on any atom is -0.339 e. The molecule has 1 fully saturated rings. The van der Waals surface area contributed by atoms with Gasteiger partial charge in [0.05, 0.1) is 11.7 Å². The van der Waals surface area contributed by atoms with Crippen LogP contribution in [0.15, 0.2) is 48.7 Å². The topological polar surface area (TPSA) is 36.4 Å². The molecule has 0 radical (unpaired) electrons. The molecule has 1 aromatic heterocycles. The minimum atomic E-state index is -0.245. The molecule has 5 heteroatoms. The van der Waals surface area contributed by atoms with Crippen molar-refractivity contribution >= 4 is 5.91 Å². The lowest BCUT2D eigenvalue weighted by Gasteiger charge is -2.33. The van der Waals surface area contributed by atoms with Gasteiger partial charge in [-0.2, -0.15) is 0 Å². The highest BCUT2D eigenvalue weighted by molar-refractivity contribution is 5.76. The summed E-state index contributed by atoms with van der Waals surface area (Å²) in [6, 6.07) is 12.5. The first kappa shape index (κ1) is 20.5. The summed E-state index contributed by atoms with van der Waals surface area (Å²) in [4.78, 5) is 21.5. The Bertz CT molecular complexity index is 742. The van der Waals surface area contributed by atoms with E-state index >= 15 is 0 Å². The molecule has 2 heterocycles. The Kier molecular flexibility index (Phi) is 7.15. The van der Waals surface area contributed by atoms with Crippen molar-refractivity contribution in [3.8, 4) is 0 Å². The van der Waals surface area contributed by atoms with Crippen LogP contribution in [0.4, 0.5) is 4.39 Å². The van der Waals surface area contributed by atoms with Crippen molar-refractivity contribution < 1.29 is 9.18 Å². The lowest BCUT2D eigenvalue weighted by molar-refractivity contribution is -0.133. The third-order valence-corrected chi connectivity index (χ3v) is 5.78. The number of nitrogens with zero attached hydrogens (tertiary/aromatic N) is 3. The fraction of sp³-hybridized carbons (Fsp3) is 0.478. The summed E-state index contributed by atoms with van der Waals surface area (Å²) in [6.07, 6.45) is 5.32. The first-order valence-corrected chi connectivity index (χ1v) is 10.2. The smallest absolute Gasteiger partial charge is 0.223 e. The third-order valence-electron chi connectivity index (χ3n) is 5.78. The predicted molar refractivity (Wildman–Crippen MR) is 109 cm³/mol. The van der Waals surface area contributed by atoms with Gasteiger partial charge in [-0.1, -0.05) is 25.1 Å². The summed E-state index contributed by atoms with van der Waals surface area (Å²) in [5, 5.41) is 0. The van der Waals surface area contributed by atoms with Crippen LogP contribution in [0.1, 0.15) is 49.9 Å². The summed E-state index contributed by atoms with van der Waals surface area (Å²) in [6.45, 7) is 4.96. The monoisotopic (exact) mass is 383 g/mol. The Labute approximate surface area is 167 Å². The summed E-state index contributed by atoms with van der Waals surface area (Å²) < 4.78 is 13.2. The molecule has 0 spiro atoms. The van der Waals surface area contributed by atoms with Crippen molar-refractivity contribution in [3.63, 3.8) is 0 Å². The maximum absolute atomic E-state index is 13.2. The first-order chi connectivity index (χ1) is 13.6. The molecule has 28 heavy (non-hydrogen) atoms. The van der Waals surface area contributed by atoms with E-state index in [2.05, 4.69) is 22.9 Å². The maximum atomic E-state index is 13.2. The van der Waals surface area contributed by atoms with Gasteiger partial charge in [0.2, 0.25) is 5.91 Å². The number of hydrogen-bond acceptors (Lipinski definition) is 3. The van der Waals surface area contributed by atoms with Gasteiger partial charge in [-0.15, -0.1) is 0 Å². The van der Waals surface area contributed by atoms with Crippen molar-refractivity contribution in [1.29, 1.82) is 0 Å². The van der Waals surface area contributed by atoms with Crippen LogP contribution < -0.4 is 0 Å². The zero-order valence-corrected chi connectivity index (χ0v) is 16.9. The van der Waals surface area contributed by atoms with Gasteiger partial charge in [0.25, 0.3) is 0 Å². The number of hydrogen-bond donors (Lipinski definition) is 0. The van der Waals surface area contributed by atoms with Gasteiger partial charge in [0, 0.05) is 26.2 Å². The molecule has 1 saturated heterocycles. The number of carbonyl (C=O) groups is 1. The number of pyridine rings is 1. The van der Waals surface area contributed by atoms with Gasteiger partial charge in [0.15, 0.2) is 0 Å². The Morgan fingerprint density at radius 3 is 2.54 bits per heavy atom. The van der Waals surface area contributed by atoms with E-state index < -0.39 is 0 Å². The highest BCUT2D eigenvalue weighted by Gasteiger charge is 2.26. The summed E-state index contributed by atoms with van der Waals surface area (Å²) in [7, 11) is 1.87. The molecule has 3 rings (SSSR count). The highest BCUT2D eigenvalue weighted by Crippen LogP contribution is 2.27. The first-order valence-electron chi connectivity index (χ1n) is 10.2. The Morgan fingerprint density at radius 2 is 1.93 bits per heavy atom. The summed E-state index contributed by atoms with van der Waals surface area (Å²) >= 11 is 0. The summed E-state index contributed by atoms with van der Waals surface area (Å²) in [5.41, 5.74) is 2.09. The van der Waals surface area contributed by atoms with Crippen molar-refractivity contribution in [3.05, 3.63) is 65.7 Å². The van der Waals surface area contributed by atoms with Crippen LogP contribution in [-0.2, 0) is 11.3 Å². The number of rotatable bonds is 7. The highest BCUT2D eigenvalue weighted by atomic mass is 19.1. The maximum Gasteiger partial charge on any atom is 0.223 e. The standard InChI is InChI=1S/C23H30FN3O/c1-3-22(19-7-9-20(24)10-8-19)26(2)23(28)16-18-11-14-27(15-12-18)17-21-6-4-5-13-25-21/h4-10,13,18,22H,3,11-12,14-17H2,1-2H3/t22-/m0/s1. The Balaban J connectivity index is 1.49. The number of likely N-dealkylation sites (tertiary alicyclic amines) is 1. The van der Waals surface area contributed by atoms with Crippen LogP contribution in [0.3, 0.4) is 0 Å². The zero-order valence-electron chi connectivity index (χ0n) is 16.9. The molecular formula is C23H30FN3O. The molecule has 1 atom stereocenters. The molecule has 4 nitrogen and oxygen atoms in total. The van der Waals surface area contributed by atoms with Crippen LogP contribution >= 0.6 is 0 Å². The van der Waals surface area contributed by atoms with Crippen molar-refractivity contribution in [2.24, 2.45) is 5.92 Å². The average molecular weight is 384 g/mol. The van der Waals surface area contributed by atoms with Crippen LogP contribution in [0.2, 0.25) is 0 Å². The lowest BCUT2D eigenvalue weighted by Crippen LogP contribution is -2.37. The fourth-order valence-electron chi connectivity index (χ4n) is 4.05. The second kappa shape index (κ2) is 9.78. The second-order valence-electron chi connectivity index (χ2n) is 7.72. The van der Waals surface area contributed by atoms with E-state index in [1.54, 1.807) is 12.1 Å². The zero-order chi connectivity index (χ0) is 19.9. The Morgan fingerprint density at radius 1 is 1.21 bits per heavy atom. The number of carbonyl (C=O) groups excluding carboxylic acids is 1. The molecular weight excluding hydrogens is 353 g/mol. The van der Waals surface area contributed by atoms with E-state index in [1.165, 1.54) is 12.1 Å². The minimum absolute atomic E-state index is 0.00246. The van der Waals surface area contributed by atoms with Gasteiger partial charge in [-0.3, -0.25) is 14.7 Å². The van der Waals surface area contributed by atoms with E-state index in [0.717, 1.165) is 50.2 Å². The lowest BCUT2D eigenvalue weighted by atomic mass is 9.92. The molecule has 1 aromatic carbocycles. The number of piperidine rings is 1. The van der Waals surface area contributed by atoms with Gasteiger partial charge < -0.3 is 4.90 Å². The van der Waals surface area contributed by atoms with Crippen molar-refractivity contribution in [1.82, 2.24) is 14.8 Å². The molecule has 2 aromatic rings. The van der Waals surface area contributed by atoms with Crippen LogP contribution in [-0.4, -0.2) is 40.8 Å². The normalized spacial score (nSPS) is 16.7. The van der Waals surface area contributed by atoms with E-state index in [1.807, 2.05) is 30.3 Å². The molecule has 1 aliphatic heterocycles. The molecule has 0 bridgehead atoms. The predicted octanol–water partition coefficient (Wildman–Crippen LogP) is 4.43. The van der Waals surface area contributed by atoms with Crippen LogP contribution in [0.5, 0.6) is 0 Å². The molecule has 0 unspecified atom stereocenters. The van der Waals surface area contributed by atoms with Crippen LogP contribution in [0, 0.1) is 11.7 Å². The van der Waals surface area contributed by atoms with Gasteiger partial charge in [0.1, 0.15) is 5.82 Å². The number of benzene rings is 1. The van der Waals surface area contributed by atoms with Crippen molar-refractivity contribution in [2.45, 2.75) is 45.2 Å². The Hall–Kier alpha value is -2.27. The molecule has 0 saturated carbocycles. The number of amides is 1. The van der Waals surface area contributed by atoms with Gasteiger partial charge in [-0.05, 0) is 68.1 Å². The number of halogens is 1. The largest absolute Gasteiger partial charge is 0.339 e. The van der Waals surface area contributed by atoms with E-state index in [4.69, 9.17) is 0 Å². The quantitative estimate of drug-likeness (QED) is 0.710. The second-order valence-corrected chi connectivity index (χ2v) is 7.72. The van der Waals surface area contributed by atoms with E-state index in [-0.39, 0.29) is 17.8 Å². The SMILES string of the molecule is CC[C@@H](c1ccc(F)cc1)N(C)C(=O)CC1CCN(Cc2ccccn2)CC1. The molecule has 0 N–H and O–H groups in total.